The first-order valence-electron chi connectivity index (χ1n) is 12.7. The van der Waals surface area contributed by atoms with Crippen LogP contribution in [0.2, 0.25) is 0 Å². The molecular weight excluding hydrogens is 446 g/mol. The summed E-state index contributed by atoms with van der Waals surface area (Å²) in [6.45, 7) is 9.65. The quantitative estimate of drug-likeness (QED) is 0.575. The van der Waals surface area contributed by atoms with E-state index >= 15 is 0 Å². The minimum Gasteiger partial charge on any atom is -0.469 e. The lowest BCUT2D eigenvalue weighted by molar-refractivity contribution is -0.150. The van der Waals surface area contributed by atoms with E-state index in [1.807, 2.05) is 26.8 Å². The van der Waals surface area contributed by atoms with Gasteiger partial charge in [-0.3, -0.25) is 14.5 Å². The molecule has 2 aliphatic heterocycles. The van der Waals surface area contributed by atoms with E-state index in [1.165, 1.54) is 12.7 Å². The third kappa shape index (κ3) is 5.63. The van der Waals surface area contributed by atoms with Crippen molar-refractivity contribution in [2.75, 3.05) is 33.3 Å². The third-order valence-corrected chi connectivity index (χ3v) is 7.56. The summed E-state index contributed by atoms with van der Waals surface area (Å²) in [6.07, 6.45) is 2.61. The molecule has 8 nitrogen and oxygen atoms in total. The summed E-state index contributed by atoms with van der Waals surface area (Å²) in [5.74, 6) is 0.277. The molecule has 35 heavy (non-hydrogen) atoms. The molecule has 8 heteroatoms. The number of likely N-dealkylation sites (tertiary alicyclic amines) is 2. The van der Waals surface area contributed by atoms with Crippen molar-refractivity contribution in [3.63, 3.8) is 0 Å². The number of carbonyl (C=O) groups is 3. The van der Waals surface area contributed by atoms with Gasteiger partial charge in [0.05, 0.1) is 19.1 Å². The van der Waals surface area contributed by atoms with Gasteiger partial charge >= 0.3 is 12.1 Å². The Hall–Kier alpha value is -2.61. The van der Waals surface area contributed by atoms with Gasteiger partial charge in [0.1, 0.15) is 5.60 Å². The van der Waals surface area contributed by atoms with Crippen LogP contribution in [0.25, 0.3) is 0 Å². The average molecular weight is 486 g/mol. The van der Waals surface area contributed by atoms with Crippen LogP contribution in [0.3, 0.4) is 0 Å². The maximum atomic E-state index is 12.7. The van der Waals surface area contributed by atoms with Crippen LogP contribution in [0.4, 0.5) is 4.79 Å². The summed E-state index contributed by atoms with van der Waals surface area (Å²) in [4.78, 5) is 43.5. The monoisotopic (exact) mass is 485 g/mol. The molecule has 2 heterocycles. The lowest BCUT2D eigenvalue weighted by Gasteiger charge is -2.57. The van der Waals surface area contributed by atoms with Crippen molar-refractivity contribution < 1.29 is 23.9 Å². The second-order valence-corrected chi connectivity index (χ2v) is 11.3. The van der Waals surface area contributed by atoms with Crippen molar-refractivity contribution in [2.45, 2.75) is 82.5 Å². The molecule has 0 N–H and O–H groups in total. The molecule has 1 aliphatic carbocycles. The molecule has 1 aromatic rings. The molecule has 3 fully saturated rings. The van der Waals surface area contributed by atoms with Gasteiger partial charge in [-0.05, 0) is 45.6 Å². The van der Waals surface area contributed by atoms with E-state index in [4.69, 9.17) is 9.47 Å². The molecule has 0 aromatic heterocycles. The van der Waals surface area contributed by atoms with Gasteiger partial charge in [-0.15, -0.1) is 0 Å². The minimum absolute atomic E-state index is 0.135. The van der Waals surface area contributed by atoms with Crippen molar-refractivity contribution in [3.8, 4) is 0 Å². The van der Waals surface area contributed by atoms with Gasteiger partial charge in [-0.25, -0.2) is 4.79 Å². The fourth-order valence-electron chi connectivity index (χ4n) is 5.81. The number of piperidine rings is 1. The van der Waals surface area contributed by atoms with Crippen molar-refractivity contribution in [3.05, 3.63) is 35.9 Å². The normalized spacial score (nSPS) is 24.3. The van der Waals surface area contributed by atoms with Crippen molar-refractivity contribution in [1.82, 2.24) is 14.7 Å². The molecule has 2 atom stereocenters. The minimum atomic E-state index is -0.563. The van der Waals surface area contributed by atoms with E-state index in [9.17, 15) is 14.4 Å². The van der Waals surface area contributed by atoms with Crippen molar-refractivity contribution >= 4 is 18.0 Å². The number of esters is 1. The molecule has 2 amide bonds. The highest BCUT2D eigenvalue weighted by molar-refractivity contribution is 5.75. The zero-order chi connectivity index (χ0) is 25.4. The van der Waals surface area contributed by atoms with Gasteiger partial charge in [0.25, 0.3) is 0 Å². The van der Waals surface area contributed by atoms with E-state index in [0.29, 0.717) is 19.0 Å². The Morgan fingerprint density at radius 1 is 1.09 bits per heavy atom. The van der Waals surface area contributed by atoms with E-state index < -0.39 is 11.1 Å². The van der Waals surface area contributed by atoms with Gasteiger partial charge in [-0.1, -0.05) is 30.3 Å². The van der Waals surface area contributed by atoms with Gasteiger partial charge < -0.3 is 19.3 Å². The van der Waals surface area contributed by atoms with Crippen LogP contribution in [0.1, 0.15) is 64.9 Å². The highest BCUT2D eigenvalue weighted by atomic mass is 16.6. The van der Waals surface area contributed by atoms with E-state index in [2.05, 4.69) is 34.1 Å². The van der Waals surface area contributed by atoms with Crippen molar-refractivity contribution in [1.29, 1.82) is 0 Å². The summed E-state index contributed by atoms with van der Waals surface area (Å²) in [7, 11) is 1.40. The Bertz CT molecular complexity index is 930. The van der Waals surface area contributed by atoms with E-state index in [-0.39, 0.29) is 36.5 Å². The predicted molar refractivity (Wildman–Crippen MR) is 132 cm³/mol. The number of rotatable bonds is 6. The summed E-state index contributed by atoms with van der Waals surface area (Å²) in [5.41, 5.74) is 0.296. The Balaban J connectivity index is 1.39. The summed E-state index contributed by atoms with van der Waals surface area (Å²) in [6, 6.07) is 10.9. The fraction of sp³-hybridized carbons (Fsp3) is 0.667. The zero-order valence-corrected chi connectivity index (χ0v) is 21.7. The smallest absolute Gasteiger partial charge is 0.410 e. The molecule has 4 rings (SSSR count). The molecular formula is C27H39N3O5. The van der Waals surface area contributed by atoms with Gasteiger partial charge in [0.15, 0.2) is 0 Å². The molecule has 0 radical (unpaired) electrons. The molecule has 2 saturated heterocycles. The average Bonchev–Trinajstić information content (AvgIpc) is 3.56. The van der Waals surface area contributed by atoms with Crippen LogP contribution in [0, 0.1) is 0 Å². The third-order valence-electron chi connectivity index (χ3n) is 7.56. The number of nitrogens with zero attached hydrogens (tertiary/aromatic N) is 3. The van der Waals surface area contributed by atoms with Gasteiger partial charge in [0.2, 0.25) is 5.91 Å². The molecule has 0 bridgehead atoms. The molecule has 3 aliphatic rings. The standard InChI is InChI=1S/C27H39N3O5/c1-19(31)30(23-15-22(23)20-9-7-6-8-10-20)21-11-13-29(14-12-21)27(16-24(32)34-5)17-28(18-27)25(33)35-26(2,3)4/h6-10,21-23H,11-18H2,1-5H3/t22?,23-/m1/s1. The lowest BCUT2D eigenvalue weighted by atomic mass is 9.82. The SMILES string of the molecule is COC(=O)CC1(N2CCC(N(C(C)=O)[C@@H]3CC3c3ccccc3)CC2)CN(C(=O)OC(C)(C)C)C1. The topological polar surface area (TPSA) is 79.4 Å². The van der Waals surface area contributed by atoms with Crippen LogP contribution < -0.4 is 0 Å². The molecule has 1 aromatic carbocycles. The maximum Gasteiger partial charge on any atom is 0.410 e. The number of amides is 2. The number of hydrogen-bond acceptors (Lipinski definition) is 6. The number of ether oxygens (including phenoxy) is 2. The Labute approximate surface area is 208 Å². The first-order valence-corrected chi connectivity index (χ1v) is 12.7. The molecule has 0 spiro atoms. The van der Waals surface area contributed by atoms with E-state index in [1.54, 1.807) is 11.8 Å². The number of benzene rings is 1. The number of methoxy groups -OCH3 is 1. The molecule has 192 valence electrons. The van der Waals surface area contributed by atoms with Crippen LogP contribution >= 0.6 is 0 Å². The van der Waals surface area contributed by atoms with Gasteiger partial charge in [-0.2, -0.15) is 0 Å². The second kappa shape index (κ2) is 9.80. The second-order valence-electron chi connectivity index (χ2n) is 11.3. The highest BCUT2D eigenvalue weighted by Gasteiger charge is 2.53. The molecule has 1 saturated carbocycles. The molecule has 1 unspecified atom stereocenters. The Kier molecular flexibility index (Phi) is 7.13. The van der Waals surface area contributed by atoms with E-state index in [0.717, 1.165) is 32.4 Å². The number of hydrogen-bond donors (Lipinski definition) is 0. The Morgan fingerprint density at radius 2 is 1.71 bits per heavy atom. The van der Waals surface area contributed by atoms with Crippen LogP contribution in [-0.2, 0) is 19.1 Å². The van der Waals surface area contributed by atoms with Gasteiger partial charge in [0, 0.05) is 51.1 Å². The Morgan fingerprint density at radius 3 is 2.26 bits per heavy atom. The summed E-state index contributed by atoms with van der Waals surface area (Å²) < 4.78 is 10.5. The first-order chi connectivity index (χ1) is 16.5. The zero-order valence-electron chi connectivity index (χ0n) is 21.7. The highest BCUT2D eigenvalue weighted by Crippen LogP contribution is 2.46. The van der Waals surface area contributed by atoms with Crippen LogP contribution in [-0.4, -0.2) is 89.2 Å². The first kappa shape index (κ1) is 25.5. The number of carbonyl (C=O) groups excluding carboxylic acids is 3. The van der Waals surface area contributed by atoms with Crippen molar-refractivity contribution in [2.24, 2.45) is 0 Å². The maximum absolute atomic E-state index is 12.7. The summed E-state index contributed by atoms with van der Waals surface area (Å²) >= 11 is 0. The fourth-order valence-corrected chi connectivity index (χ4v) is 5.81. The lowest BCUT2D eigenvalue weighted by Crippen LogP contribution is -2.73. The van der Waals surface area contributed by atoms with Crippen LogP contribution in [0.15, 0.2) is 30.3 Å². The van der Waals surface area contributed by atoms with Crippen LogP contribution in [0.5, 0.6) is 0 Å². The summed E-state index contributed by atoms with van der Waals surface area (Å²) in [5, 5.41) is 0. The largest absolute Gasteiger partial charge is 0.469 e. The predicted octanol–water partition coefficient (Wildman–Crippen LogP) is 3.41.